The smallest absolute Gasteiger partial charge is 0.0576 e. The molecule has 1 saturated carbocycles. The first-order valence-corrected chi connectivity index (χ1v) is 7.11. The largest absolute Gasteiger partial charge is 0.393 e. The molecule has 1 aliphatic carbocycles. The minimum atomic E-state index is -0.0700. The van der Waals surface area contributed by atoms with Crippen LogP contribution in [0.4, 0.5) is 0 Å². The number of hydrogen-bond donors (Lipinski definition) is 1. The number of hydrogen-bond acceptors (Lipinski definition) is 1. The van der Waals surface area contributed by atoms with E-state index < -0.39 is 0 Å². The van der Waals surface area contributed by atoms with E-state index >= 15 is 0 Å². The van der Waals surface area contributed by atoms with Crippen molar-refractivity contribution in [3.8, 4) is 0 Å². The predicted octanol–water partition coefficient (Wildman–Crippen LogP) is 4.25. The van der Waals surface area contributed by atoms with Gasteiger partial charge in [-0.3, -0.25) is 0 Å². The Hall–Kier alpha value is -0.0400. The summed E-state index contributed by atoms with van der Waals surface area (Å²) in [6.07, 6.45) is 5.93. The molecule has 0 spiro atoms. The Labute approximate surface area is 102 Å². The summed E-state index contributed by atoms with van der Waals surface area (Å²) in [4.78, 5) is 0. The van der Waals surface area contributed by atoms with Crippen LogP contribution in [0, 0.1) is 23.2 Å². The molecule has 0 aromatic carbocycles. The Morgan fingerprint density at radius 2 is 1.75 bits per heavy atom. The molecule has 96 valence electrons. The molecule has 0 saturated heterocycles. The molecule has 16 heavy (non-hydrogen) atoms. The summed E-state index contributed by atoms with van der Waals surface area (Å²) in [7, 11) is 0. The van der Waals surface area contributed by atoms with Crippen LogP contribution in [0.1, 0.15) is 66.7 Å². The van der Waals surface area contributed by atoms with Gasteiger partial charge in [0.25, 0.3) is 0 Å². The first-order valence-electron chi connectivity index (χ1n) is 7.11. The second-order valence-electron chi connectivity index (χ2n) is 6.43. The van der Waals surface area contributed by atoms with E-state index in [1.165, 1.54) is 25.7 Å². The highest BCUT2D eigenvalue weighted by molar-refractivity contribution is 4.91. The molecule has 1 N–H and O–H groups in total. The monoisotopic (exact) mass is 226 g/mol. The van der Waals surface area contributed by atoms with Crippen LogP contribution in [0.3, 0.4) is 0 Å². The highest BCUT2D eigenvalue weighted by Crippen LogP contribution is 2.46. The Balaban J connectivity index is 2.74. The zero-order chi connectivity index (χ0) is 12.3. The van der Waals surface area contributed by atoms with Gasteiger partial charge in [-0.05, 0) is 36.0 Å². The maximum absolute atomic E-state index is 10.3. The van der Waals surface area contributed by atoms with E-state index in [0.29, 0.717) is 17.3 Å². The third-order valence-corrected chi connectivity index (χ3v) is 5.07. The molecule has 0 bridgehead atoms. The van der Waals surface area contributed by atoms with E-state index in [1.807, 2.05) is 0 Å². The molecule has 0 aromatic heterocycles. The predicted molar refractivity (Wildman–Crippen MR) is 70.4 cm³/mol. The van der Waals surface area contributed by atoms with Crippen LogP contribution in [-0.4, -0.2) is 11.2 Å². The number of aliphatic hydroxyl groups is 1. The van der Waals surface area contributed by atoms with Crippen LogP contribution in [0.25, 0.3) is 0 Å². The van der Waals surface area contributed by atoms with Crippen LogP contribution in [-0.2, 0) is 0 Å². The third kappa shape index (κ3) is 2.80. The number of aliphatic hydroxyl groups excluding tert-OH is 1. The summed E-state index contributed by atoms with van der Waals surface area (Å²) in [6.45, 7) is 11.6. The van der Waals surface area contributed by atoms with Gasteiger partial charge >= 0.3 is 0 Å². The van der Waals surface area contributed by atoms with E-state index in [-0.39, 0.29) is 6.10 Å². The van der Waals surface area contributed by atoms with E-state index in [2.05, 4.69) is 34.6 Å². The molecule has 0 aliphatic heterocycles. The third-order valence-electron chi connectivity index (χ3n) is 5.07. The minimum absolute atomic E-state index is 0.0700. The standard InChI is InChI=1S/C15H30O/c1-6-12(7-2)15(4,5)13-9-8-11(3)10-14(13)16/h11-14,16H,6-10H2,1-5H3. The lowest BCUT2D eigenvalue weighted by Crippen LogP contribution is -2.42. The summed E-state index contributed by atoms with van der Waals surface area (Å²) < 4.78 is 0. The molecular formula is C15H30O. The van der Waals surface area contributed by atoms with Gasteiger partial charge in [-0.25, -0.2) is 0 Å². The molecule has 1 rings (SSSR count). The fourth-order valence-electron chi connectivity index (χ4n) is 3.86. The highest BCUT2D eigenvalue weighted by Gasteiger charge is 2.41. The van der Waals surface area contributed by atoms with Crippen molar-refractivity contribution in [3.63, 3.8) is 0 Å². The highest BCUT2D eigenvalue weighted by atomic mass is 16.3. The lowest BCUT2D eigenvalue weighted by Gasteiger charge is -2.46. The van der Waals surface area contributed by atoms with Gasteiger partial charge in [-0.1, -0.05) is 53.9 Å². The Morgan fingerprint density at radius 3 is 2.19 bits per heavy atom. The molecule has 1 heteroatoms. The second kappa shape index (κ2) is 5.53. The molecule has 0 heterocycles. The van der Waals surface area contributed by atoms with Gasteiger partial charge in [0.15, 0.2) is 0 Å². The lowest BCUT2D eigenvalue weighted by atomic mass is 9.61. The lowest BCUT2D eigenvalue weighted by molar-refractivity contribution is -0.0398. The molecule has 0 radical (unpaired) electrons. The van der Waals surface area contributed by atoms with Gasteiger partial charge < -0.3 is 5.11 Å². The topological polar surface area (TPSA) is 20.2 Å². The van der Waals surface area contributed by atoms with Gasteiger partial charge in [-0.2, -0.15) is 0 Å². The van der Waals surface area contributed by atoms with Crippen LogP contribution in [0.15, 0.2) is 0 Å². The van der Waals surface area contributed by atoms with Gasteiger partial charge in [-0.15, -0.1) is 0 Å². The zero-order valence-electron chi connectivity index (χ0n) is 11.8. The van der Waals surface area contributed by atoms with Crippen molar-refractivity contribution in [1.82, 2.24) is 0 Å². The molecule has 1 fully saturated rings. The number of rotatable bonds is 4. The van der Waals surface area contributed by atoms with Gasteiger partial charge in [0, 0.05) is 0 Å². The fourth-order valence-corrected chi connectivity index (χ4v) is 3.86. The first-order chi connectivity index (χ1) is 7.43. The van der Waals surface area contributed by atoms with Crippen molar-refractivity contribution in [2.24, 2.45) is 23.2 Å². The van der Waals surface area contributed by atoms with Crippen molar-refractivity contribution < 1.29 is 5.11 Å². The molecular weight excluding hydrogens is 196 g/mol. The van der Waals surface area contributed by atoms with Gasteiger partial charge in [0.2, 0.25) is 0 Å². The summed E-state index contributed by atoms with van der Waals surface area (Å²) >= 11 is 0. The maximum Gasteiger partial charge on any atom is 0.0576 e. The Bertz CT molecular complexity index is 205. The summed E-state index contributed by atoms with van der Waals surface area (Å²) in [5, 5.41) is 10.3. The maximum atomic E-state index is 10.3. The molecule has 0 aromatic rings. The Kier molecular flexibility index (Phi) is 4.85. The van der Waals surface area contributed by atoms with Crippen molar-refractivity contribution in [1.29, 1.82) is 0 Å². The minimum Gasteiger partial charge on any atom is -0.393 e. The average molecular weight is 226 g/mol. The van der Waals surface area contributed by atoms with Crippen molar-refractivity contribution in [2.75, 3.05) is 0 Å². The van der Waals surface area contributed by atoms with E-state index in [0.717, 1.165) is 12.3 Å². The van der Waals surface area contributed by atoms with Crippen LogP contribution >= 0.6 is 0 Å². The van der Waals surface area contributed by atoms with Crippen molar-refractivity contribution in [2.45, 2.75) is 72.8 Å². The van der Waals surface area contributed by atoms with Crippen LogP contribution in [0.5, 0.6) is 0 Å². The second-order valence-corrected chi connectivity index (χ2v) is 6.43. The zero-order valence-corrected chi connectivity index (χ0v) is 11.8. The summed E-state index contributed by atoms with van der Waals surface area (Å²) in [6, 6.07) is 0. The molecule has 1 aliphatic rings. The summed E-state index contributed by atoms with van der Waals surface area (Å²) in [5.74, 6) is 1.97. The molecule has 1 nitrogen and oxygen atoms in total. The Morgan fingerprint density at radius 1 is 1.19 bits per heavy atom. The van der Waals surface area contributed by atoms with Crippen molar-refractivity contribution in [3.05, 3.63) is 0 Å². The van der Waals surface area contributed by atoms with Crippen molar-refractivity contribution >= 4 is 0 Å². The normalized spacial score (nSPS) is 32.1. The van der Waals surface area contributed by atoms with Crippen LogP contribution < -0.4 is 0 Å². The van der Waals surface area contributed by atoms with E-state index in [4.69, 9.17) is 0 Å². The van der Waals surface area contributed by atoms with E-state index in [1.54, 1.807) is 0 Å². The SMILES string of the molecule is CCC(CC)C(C)(C)C1CCC(C)CC1O. The summed E-state index contributed by atoms with van der Waals surface area (Å²) in [5.41, 5.74) is 0.295. The molecule has 3 atom stereocenters. The first kappa shape index (κ1) is 14.0. The average Bonchev–Trinajstić information content (AvgIpc) is 2.18. The van der Waals surface area contributed by atoms with Gasteiger partial charge in [0.1, 0.15) is 0 Å². The van der Waals surface area contributed by atoms with E-state index in [9.17, 15) is 5.11 Å². The molecule has 3 unspecified atom stereocenters. The van der Waals surface area contributed by atoms with Crippen LogP contribution in [0.2, 0.25) is 0 Å². The van der Waals surface area contributed by atoms with Gasteiger partial charge in [0.05, 0.1) is 6.10 Å². The quantitative estimate of drug-likeness (QED) is 0.760. The fraction of sp³-hybridized carbons (Fsp3) is 1.00. The molecule has 0 amide bonds.